The lowest BCUT2D eigenvalue weighted by Gasteiger charge is -2.31. The molecule has 0 saturated carbocycles. The van der Waals surface area contributed by atoms with Gasteiger partial charge in [-0.1, -0.05) is 30.3 Å². The van der Waals surface area contributed by atoms with Gasteiger partial charge >= 0.3 is 12.1 Å². The summed E-state index contributed by atoms with van der Waals surface area (Å²) >= 11 is 0. The summed E-state index contributed by atoms with van der Waals surface area (Å²) in [5.74, 6) is -0.690. The lowest BCUT2D eigenvalue weighted by molar-refractivity contribution is -0.149. The van der Waals surface area contributed by atoms with E-state index in [1.54, 1.807) is 24.0 Å². The molecule has 35 heavy (non-hydrogen) atoms. The molecule has 0 bridgehead atoms. The molecular weight excluding hydrogens is 452 g/mol. The Morgan fingerprint density at radius 2 is 1.80 bits per heavy atom. The lowest BCUT2D eigenvalue weighted by Crippen LogP contribution is -2.40. The second-order valence-corrected chi connectivity index (χ2v) is 8.13. The fourth-order valence-electron chi connectivity index (χ4n) is 3.92. The number of anilines is 1. The van der Waals surface area contributed by atoms with Gasteiger partial charge in [-0.2, -0.15) is 0 Å². The Balaban J connectivity index is 1.44. The fraction of sp³-hybridized carbons (Fsp3) is 0.320. The maximum atomic E-state index is 13.0. The van der Waals surface area contributed by atoms with Crippen molar-refractivity contribution in [3.63, 3.8) is 0 Å². The van der Waals surface area contributed by atoms with Crippen LogP contribution in [0, 0.1) is 5.92 Å². The van der Waals surface area contributed by atoms with Gasteiger partial charge in [-0.05, 0) is 37.5 Å². The Bertz CT molecular complexity index is 1280. The minimum Gasteiger partial charge on any atom is -0.466 e. The smallest absolute Gasteiger partial charge is 0.412 e. The topological polar surface area (TPSA) is 119 Å². The largest absolute Gasteiger partial charge is 0.466 e. The highest BCUT2D eigenvalue weighted by Crippen LogP contribution is 2.20. The van der Waals surface area contributed by atoms with Crippen LogP contribution in [0.5, 0.6) is 0 Å². The second kappa shape index (κ2) is 10.8. The van der Waals surface area contributed by atoms with Crippen LogP contribution in [0.3, 0.4) is 0 Å². The second-order valence-electron chi connectivity index (χ2n) is 8.13. The van der Waals surface area contributed by atoms with Crippen molar-refractivity contribution in [2.75, 3.05) is 25.0 Å². The molecule has 2 aromatic heterocycles. The van der Waals surface area contributed by atoms with Crippen molar-refractivity contribution in [1.29, 1.82) is 0 Å². The van der Waals surface area contributed by atoms with Crippen LogP contribution in [0.15, 0.2) is 59.7 Å². The first-order valence-electron chi connectivity index (χ1n) is 11.4. The molecule has 0 spiro atoms. The molecule has 1 aliphatic rings. The molecule has 1 N–H and O–H groups in total. The van der Waals surface area contributed by atoms with Crippen LogP contribution in [0.1, 0.15) is 35.7 Å². The van der Waals surface area contributed by atoms with Crippen LogP contribution in [-0.2, 0) is 20.9 Å². The average Bonchev–Trinajstić information content (AvgIpc) is 2.89. The van der Waals surface area contributed by atoms with E-state index in [1.807, 2.05) is 30.3 Å². The quantitative estimate of drug-likeness (QED) is 0.541. The number of aromatic nitrogens is 2. The van der Waals surface area contributed by atoms with Crippen LogP contribution in [0.25, 0.3) is 5.65 Å². The van der Waals surface area contributed by atoms with Crippen LogP contribution < -0.4 is 10.9 Å². The molecule has 3 aromatic rings. The molecule has 0 aliphatic carbocycles. The molecular formula is C25H26N4O6. The molecule has 1 aromatic carbocycles. The summed E-state index contributed by atoms with van der Waals surface area (Å²) in [7, 11) is 0. The number of carbonyl (C=O) groups excluding carboxylic acids is 3. The molecule has 0 radical (unpaired) electrons. The number of hydrogen-bond acceptors (Lipinski definition) is 7. The number of pyridine rings is 1. The first kappa shape index (κ1) is 23.9. The predicted octanol–water partition coefficient (Wildman–Crippen LogP) is 2.86. The number of ether oxygens (including phenoxy) is 2. The van der Waals surface area contributed by atoms with Gasteiger partial charge in [0.15, 0.2) is 0 Å². The van der Waals surface area contributed by atoms with E-state index in [2.05, 4.69) is 10.3 Å². The number of nitrogens with one attached hydrogen (secondary N) is 1. The maximum absolute atomic E-state index is 13.0. The van der Waals surface area contributed by atoms with E-state index >= 15 is 0 Å². The molecule has 2 amide bonds. The Morgan fingerprint density at radius 1 is 1.06 bits per heavy atom. The monoisotopic (exact) mass is 478 g/mol. The number of piperidine rings is 1. The number of likely N-dealkylation sites (tertiary alicyclic amines) is 1. The van der Waals surface area contributed by atoms with E-state index in [1.165, 1.54) is 16.8 Å². The first-order chi connectivity index (χ1) is 17.0. The van der Waals surface area contributed by atoms with Crippen LogP contribution in [0.2, 0.25) is 0 Å². The lowest BCUT2D eigenvalue weighted by atomic mass is 9.96. The van der Waals surface area contributed by atoms with E-state index < -0.39 is 11.7 Å². The SMILES string of the molecule is CCOC(=O)C1CCN(C(=O)c2ccc3ncc(NC(=O)OCc4ccccc4)c(=O)n3c2)CC1. The zero-order valence-corrected chi connectivity index (χ0v) is 19.3. The molecule has 10 nitrogen and oxygen atoms in total. The minimum atomic E-state index is -0.788. The van der Waals surface area contributed by atoms with Crippen molar-refractivity contribution < 1.29 is 23.9 Å². The number of esters is 1. The summed E-state index contributed by atoms with van der Waals surface area (Å²) in [6, 6.07) is 12.3. The number of nitrogens with zero attached hydrogens (tertiary/aromatic N) is 3. The van der Waals surface area contributed by atoms with Crippen molar-refractivity contribution >= 4 is 29.3 Å². The average molecular weight is 479 g/mol. The molecule has 4 rings (SSSR count). The van der Waals surface area contributed by atoms with Crippen LogP contribution in [-0.4, -0.2) is 52.0 Å². The molecule has 10 heteroatoms. The van der Waals surface area contributed by atoms with Gasteiger partial charge < -0.3 is 14.4 Å². The van der Waals surface area contributed by atoms with Crippen molar-refractivity contribution in [1.82, 2.24) is 14.3 Å². The van der Waals surface area contributed by atoms with Crippen molar-refractivity contribution in [2.24, 2.45) is 5.92 Å². The molecule has 1 aliphatic heterocycles. The highest BCUT2D eigenvalue weighted by molar-refractivity contribution is 5.94. The van der Waals surface area contributed by atoms with Gasteiger partial charge in [-0.25, -0.2) is 9.78 Å². The number of fused-ring (bicyclic) bond motifs is 1. The fourth-order valence-corrected chi connectivity index (χ4v) is 3.92. The van der Waals surface area contributed by atoms with E-state index in [9.17, 15) is 19.2 Å². The third kappa shape index (κ3) is 5.65. The first-order valence-corrected chi connectivity index (χ1v) is 11.4. The number of benzene rings is 1. The predicted molar refractivity (Wildman–Crippen MR) is 127 cm³/mol. The number of amides is 2. The zero-order chi connectivity index (χ0) is 24.8. The van der Waals surface area contributed by atoms with Crippen molar-refractivity contribution in [3.8, 4) is 0 Å². The van der Waals surface area contributed by atoms with Crippen LogP contribution >= 0.6 is 0 Å². The summed E-state index contributed by atoms with van der Waals surface area (Å²) in [6.45, 7) is 2.99. The zero-order valence-electron chi connectivity index (χ0n) is 19.3. The van der Waals surface area contributed by atoms with Gasteiger partial charge in [-0.15, -0.1) is 0 Å². The van der Waals surface area contributed by atoms with Gasteiger partial charge in [0.05, 0.1) is 24.3 Å². The molecule has 182 valence electrons. The van der Waals surface area contributed by atoms with Gasteiger partial charge in [0.1, 0.15) is 17.9 Å². The van der Waals surface area contributed by atoms with E-state index in [0.29, 0.717) is 43.7 Å². The Hall–Kier alpha value is -4.21. The van der Waals surface area contributed by atoms with Gasteiger partial charge in [0, 0.05) is 19.3 Å². The number of hydrogen-bond donors (Lipinski definition) is 1. The summed E-state index contributed by atoms with van der Waals surface area (Å²) in [4.78, 5) is 55.9. The van der Waals surface area contributed by atoms with Crippen LogP contribution in [0.4, 0.5) is 10.5 Å². The summed E-state index contributed by atoms with van der Waals surface area (Å²) < 4.78 is 11.4. The highest BCUT2D eigenvalue weighted by atomic mass is 16.5. The minimum absolute atomic E-state index is 0.0561. The number of rotatable bonds is 6. The molecule has 0 unspecified atom stereocenters. The van der Waals surface area contributed by atoms with E-state index in [4.69, 9.17) is 9.47 Å². The summed E-state index contributed by atoms with van der Waals surface area (Å²) in [6.07, 6.45) is 2.93. The molecule has 3 heterocycles. The Labute approximate surface area is 201 Å². The van der Waals surface area contributed by atoms with E-state index in [0.717, 1.165) is 5.56 Å². The maximum Gasteiger partial charge on any atom is 0.412 e. The standard InChI is InChI=1S/C25H26N4O6/c1-2-34-24(32)18-10-12-28(13-11-18)22(30)19-8-9-21-26-14-20(23(31)29(21)15-19)27-25(33)35-16-17-6-4-3-5-7-17/h3-9,14-15,18H,2,10-13,16H2,1H3,(H,27,33). The normalized spacial score (nSPS) is 13.9. The molecule has 1 fully saturated rings. The van der Waals surface area contributed by atoms with Crippen molar-refractivity contribution in [2.45, 2.75) is 26.4 Å². The molecule has 0 atom stereocenters. The Kier molecular flexibility index (Phi) is 7.39. The molecule has 1 saturated heterocycles. The summed E-state index contributed by atoms with van der Waals surface area (Å²) in [5, 5.41) is 2.41. The summed E-state index contributed by atoms with van der Waals surface area (Å²) in [5.41, 5.74) is 0.837. The van der Waals surface area contributed by atoms with E-state index in [-0.39, 0.29) is 30.1 Å². The van der Waals surface area contributed by atoms with Gasteiger partial charge in [0.2, 0.25) is 0 Å². The van der Waals surface area contributed by atoms with Gasteiger partial charge in [-0.3, -0.25) is 24.1 Å². The van der Waals surface area contributed by atoms with Gasteiger partial charge in [0.25, 0.3) is 11.5 Å². The van der Waals surface area contributed by atoms with Crippen molar-refractivity contribution in [3.05, 3.63) is 76.3 Å². The third-order valence-corrected chi connectivity index (χ3v) is 5.80. The third-order valence-electron chi connectivity index (χ3n) is 5.80. The number of carbonyl (C=O) groups is 3. The Morgan fingerprint density at radius 3 is 2.51 bits per heavy atom. The highest BCUT2D eigenvalue weighted by Gasteiger charge is 2.28.